The molecule has 1 unspecified atom stereocenters. The molecule has 4 rings (SSSR count). The van der Waals surface area contributed by atoms with Gasteiger partial charge in [-0.15, -0.1) is 0 Å². The summed E-state index contributed by atoms with van der Waals surface area (Å²) < 4.78 is 5.62. The van der Waals surface area contributed by atoms with Gasteiger partial charge in [-0.3, -0.25) is 9.59 Å². The summed E-state index contributed by atoms with van der Waals surface area (Å²) in [5.74, 6) is -2.04. The van der Waals surface area contributed by atoms with Gasteiger partial charge in [-0.05, 0) is 56.4 Å². The Morgan fingerprint density at radius 2 is 1.68 bits per heavy atom. The smallest absolute Gasteiger partial charge is 0.329 e. The fraction of sp³-hybridized carbons (Fsp3) is 0.370. The van der Waals surface area contributed by atoms with Crippen LogP contribution in [0.25, 0.3) is 10.9 Å². The summed E-state index contributed by atoms with van der Waals surface area (Å²) in [4.78, 5) is 41.7. The predicted molar refractivity (Wildman–Crippen MR) is 128 cm³/mol. The van der Waals surface area contributed by atoms with Crippen LogP contribution >= 0.6 is 0 Å². The highest BCUT2D eigenvalue weighted by Crippen LogP contribution is 2.40. The van der Waals surface area contributed by atoms with Crippen molar-refractivity contribution in [3.05, 3.63) is 71.4 Å². The number of aliphatic carboxylic acids is 1. The summed E-state index contributed by atoms with van der Waals surface area (Å²) in [6, 6.07) is 14.4. The fourth-order valence-corrected chi connectivity index (χ4v) is 4.75. The van der Waals surface area contributed by atoms with Crippen LogP contribution in [0.1, 0.15) is 43.9 Å². The van der Waals surface area contributed by atoms with Gasteiger partial charge in [0.2, 0.25) is 5.91 Å². The van der Waals surface area contributed by atoms with Crippen molar-refractivity contribution in [3.8, 4) is 0 Å². The van der Waals surface area contributed by atoms with E-state index in [1.807, 2.05) is 54.7 Å². The van der Waals surface area contributed by atoms with Gasteiger partial charge in [0.05, 0.1) is 11.8 Å². The van der Waals surface area contributed by atoms with E-state index >= 15 is 0 Å². The molecule has 7 nitrogen and oxygen atoms in total. The number of hydrogen-bond acceptors (Lipinski definition) is 4. The fourth-order valence-electron chi connectivity index (χ4n) is 4.75. The number of hydrogen-bond donors (Lipinski definition) is 3. The van der Waals surface area contributed by atoms with Crippen LogP contribution in [0.2, 0.25) is 0 Å². The zero-order chi connectivity index (χ0) is 24.5. The molecule has 0 fully saturated rings. The molecule has 2 aromatic carbocycles. The standard InChI is InChI=1S/C27H30N2O5/c1-26(2,3)34-24(32)22(12-19-16-28-21-11-7-6-10-20(19)21)29-25(33)27(15-23(30)31)13-17-8-4-5-9-18(17)14-27/h4-11,16,22,28H,12-15H2,1-3H3,(H,29,33)(H,30,31). The molecule has 34 heavy (non-hydrogen) atoms. The minimum atomic E-state index is -1.16. The maximum Gasteiger partial charge on any atom is 0.329 e. The highest BCUT2D eigenvalue weighted by Gasteiger charge is 2.46. The number of para-hydroxylation sites is 1. The van der Waals surface area contributed by atoms with Gasteiger partial charge in [-0.25, -0.2) is 4.79 Å². The van der Waals surface area contributed by atoms with Crippen LogP contribution < -0.4 is 5.32 Å². The van der Waals surface area contributed by atoms with Gasteiger partial charge in [0.15, 0.2) is 0 Å². The maximum atomic E-state index is 13.7. The maximum absolute atomic E-state index is 13.7. The number of amides is 1. The lowest BCUT2D eigenvalue weighted by Crippen LogP contribution is -2.52. The van der Waals surface area contributed by atoms with Crippen molar-refractivity contribution < 1.29 is 24.2 Å². The van der Waals surface area contributed by atoms with Gasteiger partial charge in [-0.2, -0.15) is 0 Å². The zero-order valence-corrected chi connectivity index (χ0v) is 19.7. The summed E-state index contributed by atoms with van der Waals surface area (Å²) in [5.41, 5.74) is 1.83. The molecule has 7 heteroatoms. The summed E-state index contributed by atoms with van der Waals surface area (Å²) in [7, 11) is 0. The van der Waals surface area contributed by atoms with Gasteiger partial charge in [0, 0.05) is 23.5 Å². The second-order valence-corrected chi connectivity index (χ2v) is 10.1. The largest absolute Gasteiger partial charge is 0.481 e. The minimum absolute atomic E-state index is 0.223. The lowest BCUT2D eigenvalue weighted by atomic mass is 9.80. The Morgan fingerprint density at radius 3 is 2.29 bits per heavy atom. The Balaban J connectivity index is 1.63. The lowest BCUT2D eigenvalue weighted by molar-refractivity contribution is -0.159. The number of carbonyl (C=O) groups is 3. The molecule has 1 aliphatic rings. The van der Waals surface area contributed by atoms with E-state index in [2.05, 4.69) is 10.3 Å². The number of esters is 1. The Morgan fingerprint density at radius 1 is 1.06 bits per heavy atom. The summed E-state index contributed by atoms with van der Waals surface area (Å²) in [5, 5.41) is 13.4. The van der Waals surface area contributed by atoms with Crippen molar-refractivity contribution in [2.24, 2.45) is 5.41 Å². The van der Waals surface area contributed by atoms with E-state index in [1.54, 1.807) is 20.8 Å². The summed E-state index contributed by atoms with van der Waals surface area (Å²) in [6.07, 6.45) is 2.36. The lowest BCUT2D eigenvalue weighted by Gasteiger charge is -2.30. The molecule has 0 spiro atoms. The molecule has 1 aliphatic carbocycles. The average Bonchev–Trinajstić information content (AvgIpc) is 3.33. The molecule has 0 saturated heterocycles. The number of benzene rings is 2. The topological polar surface area (TPSA) is 108 Å². The van der Waals surface area contributed by atoms with E-state index in [0.29, 0.717) is 12.8 Å². The van der Waals surface area contributed by atoms with Gasteiger partial charge in [-0.1, -0.05) is 42.5 Å². The van der Waals surface area contributed by atoms with Crippen LogP contribution in [0.4, 0.5) is 0 Å². The van der Waals surface area contributed by atoms with Crippen molar-refractivity contribution >= 4 is 28.7 Å². The van der Waals surface area contributed by atoms with E-state index in [1.165, 1.54) is 0 Å². The first-order valence-corrected chi connectivity index (χ1v) is 11.4. The van der Waals surface area contributed by atoms with Crippen molar-refractivity contribution in [1.82, 2.24) is 10.3 Å². The molecule has 178 valence electrons. The van der Waals surface area contributed by atoms with Gasteiger partial charge in [0.1, 0.15) is 11.6 Å². The third-order valence-electron chi connectivity index (χ3n) is 6.24. The molecule has 0 aliphatic heterocycles. The van der Waals surface area contributed by atoms with E-state index in [9.17, 15) is 19.5 Å². The summed E-state index contributed by atoms with van der Waals surface area (Å²) in [6.45, 7) is 5.32. The van der Waals surface area contributed by atoms with Crippen LogP contribution in [-0.2, 0) is 38.4 Å². The SMILES string of the molecule is CC(C)(C)OC(=O)C(Cc1c[nH]c2ccccc12)NC(=O)C1(CC(=O)O)Cc2ccccc2C1. The molecular formula is C27H30N2O5. The quantitative estimate of drug-likeness (QED) is 0.463. The second-order valence-electron chi connectivity index (χ2n) is 10.1. The van der Waals surface area contributed by atoms with E-state index in [-0.39, 0.29) is 12.8 Å². The van der Waals surface area contributed by atoms with Gasteiger partial charge in [0.25, 0.3) is 0 Å². The molecule has 3 aromatic rings. The Kier molecular flexibility index (Phi) is 6.21. The molecule has 3 N–H and O–H groups in total. The van der Waals surface area contributed by atoms with E-state index < -0.39 is 34.9 Å². The number of nitrogens with one attached hydrogen (secondary N) is 2. The van der Waals surface area contributed by atoms with Gasteiger partial charge < -0.3 is 20.1 Å². The molecule has 1 heterocycles. The first-order chi connectivity index (χ1) is 16.1. The Hall–Kier alpha value is -3.61. The Labute approximate surface area is 198 Å². The third-order valence-corrected chi connectivity index (χ3v) is 6.24. The number of ether oxygens (including phenoxy) is 1. The third kappa shape index (κ3) is 4.98. The molecule has 0 radical (unpaired) electrons. The minimum Gasteiger partial charge on any atom is -0.481 e. The van der Waals surface area contributed by atoms with Gasteiger partial charge >= 0.3 is 11.9 Å². The average molecular weight is 463 g/mol. The van der Waals surface area contributed by atoms with Crippen LogP contribution in [0.15, 0.2) is 54.7 Å². The van der Waals surface area contributed by atoms with Crippen molar-refractivity contribution in [2.75, 3.05) is 0 Å². The van der Waals surface area contributed by atoms with Crippen molar-refractivity contribution in [1.29, 1.82) is 0 Å². The molecule has 0 saturated carbocycles. The van der Waals surface area contributed by atoms with Crippen LogP contribution in [-0.4, -0.2) is 39.6 Å². The molecule has 1 atom stereocenters. The zero-order valence-electron chi connectivity index (χ0n) is 19.7. The normalized spacial score (nSPS) is 15.5. The van der Waals surface area contributed by atoms with E-state index in [4.69, 9.17) is 4.74 Å². The van der Waals surface area contributed by atoms with Crippen LogP contribution in [0, 0.1) is 5.41 Å². The molecule has 1 amide bonds. The van der Waals surface area contributed by atoms with Crippen molar-refractivity contribution in [2.45, 2.75) is 58.1 Å². The van der Waals surface area contributed by atoms with Crippen LogP contribution in [0.5, 0.6) is 0 Å². The number of carboxylic acid groups (broad SMARTS) is 1. The number of carboxylic acids is 1. The number of rotatable bonds is 7. The first kappa shape index (κ1) is 23.5. The highest BCUT2D eigenvalue weighted by molar-refractivity contribution is 5.92. The first-order valence-electron chi connectivity index (χ1n) is 11.4. The number of H-pyrrole nitrogens is 1. The Bertz CT molecular complexity index is 1210. The van der Waals surface area contributed by atoms with Crippen molar-refractivity contribution in [3.63, 3.8) is 0 Å². The summed E-state index contributed by atoms with van der Waals surface area (Å²) >= 11 is 0. The second kappa shape index (κ2) is 8.97. The number of aromatic nitrogens is 1. The molecule has 0 bridgehead atoms. The van der Waals surface area contributed by atoms with E-state index in [0.717, 1.165) is 27.6 Å². The number of carbonyl (C=O) groups excluding carboxylic acids is 2. The van der Waals surface area contributed by atoms with Crippen LogP contribution in [0.3, 0.4) is 0 Å². The number of aromatic amines is 1. The highest BCUT2D eigenvalue weighted by atomic mass is 16.6. The predicted octanol–water partition coefficient (Wildman–Crippen LogP) is 3.80. The molecular weight excluding hydrogens is 432 g/mol. The number of fused-ring (bicyclic) bond motifs is 2. The molecule has 1 aromatic heterocycles. The monoisotopic (exact) mass is 462 g/mol.